The SMILES string of the molecule is CCCCCCCNC(=O)NS(=O)(=O)C=C(CC)c1ccc(Cl)cc1. The first-order chi connectivity index (χ1) is 11.9. The van der Waals surface area contributed by atoms with Gasteiger partial charge in [-0.3, -0.25) is 0 Å². The highest BCUT2D eigenvalue weighted by Gasteiger charge is 2.13. The van der Waals surface area contributed by atoms with Crippen molar-refractivity contribution in [2.24, 2.45) is 0 Å². The van der Waals surface area contributed by atoms with Crippen molar-refractivity contribution in [3.05, 3.63) is 40.3 Å². The Morgan fingerprint density at radius 1 is 1.08 bits per heavy atom. The van der Waals surface area contributed by atoms with Gasteiger partial charge in [0.1, 0.15) is 0 Å². The molecule has 0 radical (unpaired) electrons. The molecule has 0 unspecified atom stereocenters. The van der Waals surface area contributed by atoms with Gasteiger partial charge >= 0.3 is 6.03 Å². The Balaban J connectivity index is 2.57. The maximum atomic E-state index is 12.2. The van der Waals surface area contributed by atoms with Crippen LogP contribution in [0.1, 0.15) is 57.9 Å². The van der Waals surface area contributed by atoms with Gasteiger partial charge in [0, 0.05) is 11.6 Å². The number of sulfonamides is 1. The molecule has 25 heavy (non-hydrogen) atoms. The van der Waals surface area contributed by atoms with E-state index in [4.69, 9.17) is 11.6 Å². The van der Waals surface area contributed by atoms with Crippen LogP contribution in [0.5, 0.6) is 0 Å². The topological polar surface area (TPSA) is 75.3 Å². The molecule has 0 bridgehead atoms. The van der Waals surface area contributed by atoms with E-state index in [1.165, 1.54) is 6.42 Å². The van der Waals surface area contributed by atoms with Crippen LogP contribution in [0.25, 0.3) is 5.57 Å². The number of allylic oxidation sites excluding steroid dienone is 1. The first-order valence-corrected chi connectivity index (χ1v) is 10.6. The van der Waals surface area contributed by atoms with Gasteiger partial charge in [-0.1, -0.05) is 63.3 Å². The van der Waals surface area contributed by atoms with E-state index in [1.54, 1.807) is 24.3 Å². The Morgan fingerprint density at radius 3 is 2.32 bits per heavy atom. The summed E-state index contributed by atoms with van der Waals surface area (Å²) in [6.07, 6.45) is 5.84. The van der Waals surface area contributed by atoms with E-state index < -0.39 is 16.1 Å². The number of urea groups is 1. The molecule has 0 spiro atoms. The molecule has 2 N–H and O–H groups in total. The average molecular weight is 387 g/mol. The van der Waals surface area contributed by atoms with Crippen molar-refractivity contribution in [1.29, 1.82) is 0 Å². The fourth-order valence-electron chi connectivity index (χ4n) is 2.33. The summed E-state index contributed by atoms with van der Waals surface area (Å²) in [6.45, 7) is 4.46. The molecule has 0 saturated carbocycles. The second-order valence-corrected chi connectivity index (χ2v) is 7.79. The zero-order valence-corrected chi connectivity index (χ0v) is 16.4. The van der Waals surface area contributed by atoms with Crippen molar-refractivity contribution in [3.63, 3.8) is 0 Å². The number of unbranched alkanes of at least 4 members (excludes halogenated alkanes) is 4. The highest BCUT2D eigenvalue weighted by molar-refractivity contribution is 7.93. The van der Waals surface area contributed by atoms with Gasteiger partial charge in [-0.25, -0.2) is 17.9 Å². The molecule has 0 aliphatic rings. The monoisotopic (exact) mass is 386 g/mol. The summed E-state index contributed by atoms with van der Waals surface area (Å²) in [5.41, 5.74) is 1.37. The minimum absolute atomic E-state index is 0.465. The van der Waals surface area contributed by atoms with Crippen molar-refractivity contribution in [1.82, 2.24) is 10.0 Å². The molecule has 0 aliphatic heterocycles. The number of benzene rings is 1. The van der Waals surface area contributed by atoms with Crippen molar-refractivity contribution >= 4 is 33.2 Å². The lowest BCUT2D eigenvalue weighted by Crippen LogP contribution is -2.39. The predicted molar refractivity (Wildman–Crippen MR) is 104 cm³/mol. The molecule has 2 amide bonds. The Hall–Kier alpha value is -1.53. The van der Waals surface area contributed by atoms with Gasteiger partial charge in [0.15, 0.2) is 0 Å². The van der Waals surface area contributed by atoms with Crippen LogP contribution in [0.3, 0.4) is 0 Å². The third-order valence-corrected chi connectivity index (χ3v) is 5.01. The van der Waals surface area contributed by atoms with E-state index in [2.05, 4.69) is 12.2 Å². The molecule has 0 heterocycles. The first kappa shape index (κ1) is 21.5. The molecule has 0 fully saturated rings. The highest BCUT2D eigenvalue weighted by atomic mass is 35.5. The maximum absolute atomic E-state index is 12.2. The van der Waals surface area contributed by atoms with Gasteiger partial charge < -0.3 is 5.32 Å². The summed E-state index contributed by atoms with van der Waals surface area (Å²) in [5, 5.41) is 4.25. The first-order valence-electron chi connectivity index (χ1n) is 8.65. The standard InChI is InChI=1S/C18H27ClN2O3S/c1-3-5-6-7-8-13-20-18(22)21-25(23,24)14-15(4-2)16-9-11-17(19)12-10-16/h9-12,14H,3-8,13H2,1-2H3,(H2,20,21,22). The average Bonchev–Trinajstić information content (AvgIpc) is 2.56. The van der Waals surface area contributed by atoms with E-state index in [1.807, 2.05) is 11.6 Å². The van der Waals surface area contributed by atoms with Gasteiger partial charge in [0.2, 0.25) is 0 Å². The minimum atomic E-state index is -3.86. The van der Waals surface area contributed by atoms with Crippen molar-refractivity contribution in [3.8, 4) is 0 Å². The van der Waals surface area contributed by atoms with Crippen molar-refractivity contribution in [2.75, 3.05) is 6.54 Å². The summed E-state index contributed by atoms with van der Waals surface area (Å²) in [6, 6.07) is 6.21. The number of nitrogens with one attached hydrogen (secondary N) is 2. The summed E-state index contributed by atoms with van der Waals surface area (Å²) >= 11 is 5.85. The van der Waals surface area contributed by atoms with Crippen LogP contribution in [0.15, 0.2) is 29.7 Å². The number of amides is 2. The molecule has 1 aromatic carbocycles. The van der Waals surface area contributed by atoms with Crippen LogP contribution in [0.2, 0.25) is 5.02 Å². The molecule has 0 atom stereocenters. The second kappa shape index (κ2) is 11.2. The van der Waals surface area contributed by atoms with E-state index in [-0.39, 0.29) is 0 Å². The van der Waals surface area contributed by atoms with E-state index in [9.17, 15) is 13.2 Å². The normalized spacial score (nSPS) is 12.0. The van der Waals surface area contributed by atoms with E-state index >= 15 is 0 Å². The lowest BCUT2D eigenvalue weighted by Gasteiger charge is -2.09. The smallest absolute Gasteiger partial charge is 0.328 e. The van der Waals surface area contributed by atoms with Crippen LogP contribution in [-0.2, 0) is 10.0 Å². The minimum Gasteiger partial charge on any atom is -0.337 e. The van der Waals surface area contributed by atoms with Crippen molar-refractivity contribution < 1.29 is 13.2 Å². The molecular formula is C18H27ClN2O3S. The van der Waals surface area contributed by atoms with Gasteiger partial charge in [-0.15, -0.1) is 0 Å². The van der Waals surface area contributed by atoms with Crippen molar-refractivity contribution in [2.45, 2.75) is 52.4 Å². The third kappa shape index (κ3) is 8.93. The molecular weight excluding hydrogens is 360 g/mol. The summed E-state index contributed by atoms with van der Waals surface area (Å²) in [4.78, 5) is 11.8. The largest absolute Gasteiger partial charge is 0.337 e. The number of rotatable bonds is 10. The molecule has 0 aromatic heterocycles. The van der Waals surface area contributed by atoms with Gasteiger partial charge in [-0.05, 0) is 36.1 Å². The lowest BCUT2D eigenvalue weighted by molar-refractivity contribution is 0.245. The lowest BCUT2D eigenvalue weighted by atomic mass is 10.1. The second-order valence-electron chi connectivity index (χ2n) is 5.82. The number of carbonyl (C=O) groups excluding carboxylic acids is 1. The Bertz CT molecular complexity index is 670. The van der Waals surface area contributed by atoms with Gasteiger partial charge in [0.25, 0.3) is 10.0 Å². The number of carbonyl (C=O) groups is 1. The summed E-state index contributed by atoms with van der Waals surface area (Å²) in [7, 11) is -3.86. The van der Waals surface area contributed by atoms with Crippen LogP contribution in [-0.4, -0.2) is 21.0 Å². The summed E-state index contributed by atoms with van der Waals surface area (Å²) < 4.78 is 26.3. The molecule has 7 heteroatoms. The maximum Gasteiger partial charge on any atom is 0.328 e. The Labute approximate surface area is 155 Å². The molecule has 0 saturated heterocycles. The predicted octanol–water partition coefficient (Wildman–Crippen LogP) is 4.69. The molecule has 0 aliphatic carbocycles. The molecule has 140 valence electrons. The Kier molecular flexibility index (Phi) is 9.60. The summed E-state index contributed by atoms with van der Waals surface area (Å²) in [5.74, 6) is 0. The number of hydrogen-bond donors (Lipinski definition) is 2. The van der Waals surface area contributed by atoms with E-state index in [0.29, 0.717) is 23.6 Å². The zero-order chi connectivity index (χ0) is 18.7. The fraction of sp³-hybridized carbons (Fsp3) is 0.500. The van der Waals surface area contributed by atoms with Crippen LogP contribution in [0.4, 0.5) is 4.79 Å². The number of halogens is 1. The third-order valence-electron chi connectivity index (χ3n) is 3.69. The van der Waals surface area contributed by atoms with Crippen LogP contribution >= 0.6 is 11.6 Å². The van der Waals surface area contributed by atoms with Gasteiger partial charge in [0.05, 0.1) is 5.41 Å². The zero-order valence-electron chi connectivity index (χ0n) is 14.8. The fourth-order valence-corrected chi connectivity index (χ4v) is 3.52. The van der Waals surface area contributed by atoms with E-state index in [0.717, 1.165) is 36.7 Å². The molecule has 1 aromatic rings. The highest BCUT2D eigenvalue weighted by Crippen LogP contribution is 2.21. The molecule has 5 nitrogen and oxygen atoms in total. The Morgan fingerprint density at radius 2 is 1.72 bits per heavy atom. The quantitative estimate of drug-likeness (QED) is 0.572. The van der Waals surface area contributed by atoms with Gasteiger partial charge in [-0.2, -0.15) is 0 Å². The molecule has 1 rings (SSSR count). The number of hydrogen-bond acceptors (Lipinski definition) is 3. The van der Waals surface area contributed by atoms with Crippen LogP contribution in [0, 0.1) is 0 Å². The van der Waals surface area contributed by atoms with Crippen LogP contribution < -0.4 is 10.0 Å².